The van der Waals surface area contributed by atoms with Gasteiger partial charge in [0.05, 0.1) is 5.69 Å². The number of hydrogen-bond acceptors (Lipinski definition) is 5. The number of benzene rings is 1. The van der Waals surface area contributed by atoms with E-state index in [9.17, 15) is 8.78 Å². The summed E-state index contributed by atoms with van der Waals surface area (Å²) in [5.74, 6) is 1.41. The molecule has 0 atom stereocenters. The Kier molecular flexibility index (Phi) is 4.86. The number of aryl methyl sites for hydroxylation is 1. The van der Waals surface area contributed by atoms with Crippen LogP contribution in [0.5, 0.6) is 5.75 Å². The molecule has 112 valence electrons. The summed E-state index contributed by atoms with van der Waals surface area (Å²) >= 11 is 0. The molecule has 1 aromatic heterocycles. The summed E-state index contributed by atoms with van der Waals surface area (Å²) in [6.45, 7) is -0.884. The van der Waals surface area contributed by atoms with E-state index in [2.05, 4.69) is 20.0 Å². The molecular formula is C14H16F2N4O. The highest BCUT2D eigenvalue weighted by molar-refractivity contribution is 5.65. The van der Waals surface area contributed by atoms with E-state index in [0.29, 0.717) is 29.6 Å². The highest BCUT2D eigenvalue weighted by Crippen LogP contribution is 2.28. The lowest BCUT2D eigenvalue weighted by Crippen LogP contribution is -2.06. The van der Waals surface area contributed by atoms with Crippen LogP contribution in [0, 0.1) is 0 Å². The van der Waals surface area contributed by atoms with Crippen molar-refractivity contribution < 1.29 is 13.5 Å². The normalized spacial score (nSPS) is 10.7. The van der Waals surface area contributed by atoms with E-state index in [1.807, 2.05) is 6.92 Å². The smallest absolute Gasteiger partial charge is 0.387 e. The summed E-state index contributed by atoms with van der Waals surface area (Å²) in [6, 6.07) is 7.93. The average molecular weight is 294 g/mol. The predicted molar refractivity (Wildman–Crippen MR) is 76.8 cm³/mol. The molecule has 0 aliphatic heterocycles. The van der Waals surface area contributed by atoms with Crippen LogP contribution >= 0.6 is 0 Å². The summed E-state index contributed by atoms with van der Waals surface area (Å²) in [7, 11) is 0. The number of para-hydroxylation sites is 2. The number of ether oxygens (including phenoxy) is 1. The van der Waals surface area contributed by atoms with Gasteiger partial charge in [0.15, 0.2) is 0 Å². The maximum Gasteiger partial charge on any atom is 0.387 e. The fraction of sp³-hybridized carbons (Fsp3) is 0.286. The molecular weight excluding hydrogens is 278 g/mol. The third-order valence-electron chi connectivity index (χ3n) is 2.63. The number of halogens is 2. The van der Waals surface area contributed by atoms with E-state index >= 15 is 0 Å². The Labute approximate surface area is 121 Å². The molecule has 0 amide bonds. The van der Waals surface area contributed by atoms with Gasteiger partial charge in [0.1, 0.15) is 23.2 Å². The van der Waals surface area contributed by atoms with Crippen LogP contribution in [-0.2, 0) is 6.42 Å². The van der Waals surface area contributed by atoms with Crippen LogP contribution in [0.3, 0.4) is 0 Å². The molecule has 0 fully saturated rings. The second-order valence-corrected chi connectivity index (χ2v) is 4.34. The van der Waals surface area contributed by atoms with Crippen molar-refractivity contribution in [2.24, 2.45) is 0 Å². The van der Waals surface area contributed by atoms with Crippen molar-refractivity contribution >= 4 is 17.3 Å². The molecule has 7 heteroatoms. The Bertz CT molecular complexity index is 607. The van der Waals surface area contributed by atoms with Crippen LogP contribution in [0.4, 0.5) is 26.1 Å². The number of nitrogen functional groups attached to an aromatic ring is 1. The Morgan fingerprint density at radius 3 is 2.76 bits per heavy atom. The van der Waals surface area contributed by atoms with E-state index in [1.54, 1.807) is 18.2 Å². The molecule has 0 radical (unpaired) electrons. The standard InChI is InChI=1S/C14H16F2N4O/c1-2-5-12-19-11(17)8-13(20-12)18-9-6-3-4-7-10(9)21-14(15)16/h3-4,6-8,14H,2,5H2,1H3,(H3,17,18,19,20). The minimum absolute atomic E-state index is 0.0433. The number of hydrogen-bond donors (Lipinski definition) is 2. The second kappa shape index (κ2) is 6.83. The molecule has 0 unspecified atom stereocenters. The van der Waals surface area contributed by atoms with Crippen molar-refractivity contribution in [1.82, 2.24) is 9.97 Å². The van der Waals surface area contributed by atoms with Gasteiger partial charge in [0, 0.05) is 12.5 Å². The van der Waals surface area contributed by atoms with Crippen LogP contribution in [0.1, 0.15) is 19.2 Å². The zero-order chi connectivity index (χ0) is 15.2. The van der Waals surface area contributed by atoms with Crippen molar-refractivity contribution in [2.75, 3.05) is 11.1 Å². The first-order valence-electron chi connectivity index (χ1n) is 6.52. The highest BCUT2D eigenvalue weighted by atomic mass is 19.3. The monoisotopic (exact) mass is 294 g/mol. The maximum absolute atomic E-state index is 12.4. The van der Waals surface area contributed by atoms with Gasteiger partial charge in [-0.2, -0.15) is 8.78 Å². The number of anilines is 3. The second-order valence-electron chi connectivity index (χ2n) is 4.34. The van der Waals surface area contributed by atoms with Crippen LogP contribution in [0.25, 0.3) is 0 Å². The summed E-state index contributed by atoms with van der Waals surface area (Å²) in [4.78, 5) is 8.41. The summed E-state index contributed by atoms with van der Waals surface area (Å²) in [5, 5.41) is 2.93. The van der Waals surface area contributed by atoms with Crippen LogP contribution in [0.2, 0.25) is 0 Å². The predicted octanol–water partition coefficient (Wildman–Crippen LogP) is 3.36. The zero-order valence-corrected chi connectivity index (χ0v) is 11.5. The molecule has 3 N–H and O–H groups in total. The van der Waals surface area contributed by atoms with Crippen molar-refractivity contribution in [3.63, 3.8) is 0 Å². The Morgan fingerprint density at radius 2 is 2.05 bits per heavy atom. The topological polar surface area (TPSA) is 73.1 Å². The molecule has 2 rings (SSSR count). The lowest BCUT2D eigenvalue weighted by atomic mass is 10.3. The Balaban J connectivity index is 2.25. The number of nitrogens with two attached hydrogens (primary N) is 1. The van der Waals surface area contributed by atoms with Gasteiger partial charge in [-0.1, -0.05) is 19.1 Å². The molecule has 0 aliphatic carbocycles. The summed E-state index contributed by atoms with van der Waals surface area (Å²) < 4.78 is 29.2. The fourth-order valence-corrected chi connectivity index (χ4v) is 1.82. The number of rotatable bonds is 6. The first-order valence-corrected chi connectivity index (χ1v) is 6.52. The summed E-state index contributed by atoms with van der Waals surface area (Å²) in [5.41, 5.74) is 6.11. The van der Waals surface area contributed by atoms with Gasteiger partial charge >= 0.3 is 6.61 Å². The summed E-state index contributed by atoms with van der Waals surface area (Å²) in [6.07, 6.45) is 1.57. The van der Waals surface area contributed by atoms with Gasteiger partial charge in [-0.3, -0.25) is 0 Å². The molecule has 21 heavy (non-hydrogen) atoms. The highest BCUT2D eigenvalue weighted by Gasteiger charge is 2.10. The van der Waals surface area contributed by atoms with E-state index < -0.39 is 6.61 Å². The molecule has 1 heterocycles. The number of nitrogens with one attached hydrogen (secondary N) is 1. The minimum atomic E-state index is -2.89. The molecule has 5 nitrogen and oxygen atoms in total. The van der Waals surface area contributed by atoms with Gasteiger partial charge in [-0.15, -0.1) is 0 Å². The zero-order valence-electron chi connectivity index (χ0n) is 11.5. The number of nitrogens with zero attached hydrogens (tertiary/aromatic N) is 2. The molecule has 0 saturated carbocycles. The lowest BCUT2D eigenvalue weighted by Gasteiger charge is -2.12. The van der Waals surface area contributed by atoms with Crippen molar-refractivity contribution in [3.8, 4) is 5.75 Å². The van der Waals surface area contributed by atoms with Gasteiger partial charge in [0.2, 0.25) is 0 Å². The minimum Gasteiger partial charge on any atom is -0.433 e. The Morgan fingerprint density at radius 1 is 1.29 bits per heavy atom. The van der Waals surface area contributed by atoms with E-state index in [1.165, 1.54) is 12.1 Å². The van der Waals surface area contributed by atoms with E-state index in [0.717, 1.165) is 6.42 Å². The van der Waals surface area contributed by atoms with Crippen molar-refractivity contribution in [1.29, 1.82) is 0 Å². The van der Waals surface area contributed by atoms with Crippen molar-refractivity contribution in [2.45, 2.75) is 26.4 Å². The van der Waals surface area contributed by atoms with E-state index in [4.69, 9.17) is 5.73 Å². The molecule has 2 aromatic rings. The molecule has 0 saturated heterocycles. The average Bonchev–Trinajstić information content (AvgIpc) is 2.40. The van der Waals surface area contributed by atoms with E-state index in [-0.39, 0.29) is 5.75 Å². The van der Waals surface area contributed by atoms with Gasteiger partial charge in [-0.25, -0.2) is 9.97 Å². The first-order chi connectivity index (χ1) is 10.1. The first kappa shape index (κ1) is 15.0. The van der Waals surface area contributed by atoms with Gasteiger partial charge < -0.3 is 15.8 Å². The van der Waals surface area contributed by atoms with Crippen molar-refractivity contribution in [3.05, 3.63) is 36.2 Å². The van der Waals surface area contributed by atoms with Gasteiger partial charge in [0.25, 0.3) is 0 Å². The molecule has 0 spiro atoms. The number of aromatic nitrogens is 2. The van der Waals surface area contributed by atoms with Gasteiger partial charge in [-0.05, 0) is 18.6 Å². The number of alkyl halides is 2. The fourth-order valence-electron chi connectivity index (χ4n) is 1.82. The third-order valence-corrected chi connectivity index (χ3v) is 2.63. The largest absolute Gasteiger partial charge is 0.433 e. The molecule has 0 aliphatic rings. The maximum atomic E-state index is 12.4. The third kappa shape index (κ3) is 4.27. The SMILES string of the molecule is CCCc1nc(N)cc(Nc2ccccc2OC(F)F)n1. The quantitative estimate of drug-likeness (QED) is 0.854. The Hall–Kier alpha value is -2.44. The van der Waals surface area contributed by atoms with Crippen LogP contribution in [0.15, 0.2) is 30.3 Å². The lowest BCUT2D eigenvalue weighted by molar-refractivity contribution is -0.0493. The molecule has 1 aromatic carbocycles. The van der Waals surface area contributed by atoms with Crippen LogP contribution < -0.4 is 15.8 Å². The van der Waals surface area contributed by atoms with Crippen LogP contribution in [-0.4, -0.2) is 16.6 Å². The molecule has 0 bridgehead atoms.